The zero-order valence-corrected chi connectivity index (χ0v) is 14.3. The highest BCUT2D eigenvalue weighted by molar-refractivity contribution is 5.92. The van der Waals surface area contributed by atoms with Gasteiger partial charge in [0.1, 0.15) is 17.1 Å². The number of benzene rings is 1. The number of furan rings is 1. The van der Waals surface area contributed by atoms with Crippen molar-refractivity contribution in [2.24, 2.45) is 0 Å². The molecule has 1 N–H and O–H groups in total. The van der Waals surface area contributed by atoms with Crippen LogP contribution in [0.2, 0.25) is 0 Å². The summed E-state index contributed by atoms with van der Waals surface area (Å²) >= 11 is 0. The van der Waals surface area contributed by atoms with Crippen molar-refractivity contribution < 1.29 is 28.2 Å². The molecule has 1 unspecified atom stereocenters. The molecule has 0 bridgehead atoms. The highest BCUT2D eigenvalue weighted by Gasteiger charge is 2.19. The summed E-state index contributed by atoms with van der Waals surface area (Å²) < 4.78 is 20.9. The molecule has 2 heterocycles. The standard InChI is InChI=1S/C18H19NO6/c1-10-6-14(12(3)25-10)18(21)22-8-17(20)19-11(2)13-4-5-15-16(7-13)24-9-23-15/h4-7,11H,8-9H2,1-3H3,(H,19,20). The van der Waals surface area contributed by atoms with Crippen LogP contribution in [0.4, 0.5) is 0 Å². The molecule has 0 aliphatic carbocycles. The summed E-state index contributed by atoms with van der Waals surface area (Å²) in [7, 11) is 0. The van der Waals surface area contributed by atoms with Crippen molar-refractivity contribution in [2.75, 3.05) is 13.4 Å². The minimum Gasteiger partial charge on any atom is -0.466 e. The maximum absolute atomic E-state index is 12.0. The van der Waals surface area contributed by atoms with Crippen LogP contribution >= 0.6 is 0 Å². The first-order chi connectivity index (χ1) is 11.9. The van der Waals surface area contributed by atoms with Crippen LogP contribution in [0.5, 0.6) is 11.5 Å². The minimum absolute atomic E-state index is 0.197. The lowest BCUT2D eigenvalue weighted by molar-refractivity contribution is -0.124. The highest BCUT2D eigenvalue weighted by Crippen LogP contribution is 2.34. The van der Waals surface area contributed by atoms with E-state index in [4.69, 9.17) is 18.6 Å². The van der Waals surface area contributed by atoms with Crippen LogP contribution in [-0.2, 0) is 9.53 Å². The van der Waals surface area contributed by atoms with E-state index in [1.807, 2.05) is 19.1 Å². The van der Waals surface area contributed by atoms with E-state index in [0.29, 0.717) is 28.6 Å². The first-order valence-corrected chi connectivity index (χ1v) is 7.87. The molecule has 0 spiro atoms. The molecule has 2 aromatic rings. The molecule has 1 atom stereocenters. The third-order valence-electron chi connectivity index (χ3n) is 3.87. The van der Waals surface area contributed by atoms with Gasteiger partial charge in [-0.05, 0) is 44.5 Å². The third kappa shape index (κ3) is 3.76. The molecular formula is C18H19NO6. The van der Waals surface area contributed by atoms with E-state index in [9.17, 15) is 9.59 Å². The third-order valence-corrected chi connectivity index (χ3v) is 3.87. The molecule has 1 aromatic heterocycles. The van der Waals surface area contributed by atoms with Crippen molar-refractivity contribution in [3.63, 3.8) is 0 Å². The van der Waals surface area contributed by atoms with Crippen molar-refractivity contribution in [1.29, 1.82) is 0 Å². The molecule has 7 nitrogen and oxygen atoms in total. The largest absolute Gasteiger partial charge is 0.466 e. The molecule has 25 heavy (non-hydrogen) atoms. The van der Waals surface area contributed by atoms with Gasteiger partial charge in [-0.3, -0.25) is 4.79 Å². The lowest BCUT2D eigenvalue weighted by Crippen LogP contribution is -2.31. The number of carbonyl (C=O) groups excluding carboxylic acids is 2. The summed E-state index contributed by atoms with van der Waals surface area (Å²) in [5.41, 5.74) is 1.19. The van der Waals surface area contributed by atoms with Gasteiger partial charge in [0, 0.05) is 0 Å². The molecule has 0 fully saturated rings. The van der Waals surface area contributed by atoms with Crippen molar-refractivity contribution in [1.82, 2.24) is 5.32 Å². The maximum Gasteiger partial charge on any atom is 0.342 e. The Labute approximate surface area is 144 Å². The van der Waals surface area contributed by atoms with E-state index in [-0.39, 0.29) is 19.4 Å². The van der Waals surface area contributed by atoms with Crippen LogP contribution < -0.4 is 14.8 Å². The van der Waals surface area contributed by atoms with Gasteiger partial charge >= 0.3 is 5.97 Å². The summed E-state index contributed by atoms with van der Waals surface area (Å²) in [5.74, 6) is 1.44. The monoisotopic (exact) mass is 345 g/mol. The number of amides is 1. The highest BCUT2D eigenvalue weighted by atomic mass is 16.7. The molecule has 1 aliphatic rings. The molecule has 1 aromatic carbocycles. The second-order valence-electron chi connectivity index (χ2n) is 5.80. The van der Waals surface area contributed by atoms with Gasteiger partial charge in [0.05, 0.1) is 6.04 Å². The Morgan fingerprint density at radius 1 is 1.20 bits per heavy atom. The molecule has 1 aliphatic heterocycles. The summed E-state index contributed by atoms with van der Waals surface area (Å²) in [6.07, 6.45) is 0. The van der Waals surface area contributed by atoms with Crippen LogP contribution in [0.25, 0.3) is 0 Å². The molecule has 1 amide bonds. The molecular weight excluding hydrogens is 326 g/mol. The van der Waals surface area contributed by atoms with Gasteiger partial charge in [-0.25, -0.2) is 4.79 Å². The lowest BCUT2D eigenvalue weighted by atomic mass is 10.1. The smallest absolute Gasteiger partial charge is 0.342 e. The maximum atomic E-state index is 12.0. The molecule has 0 saturated heterocycles. The van der Waals surface area contributed by atoms with E-state index < -0.39 is 11.9 Å². The first kappa shape index (κ1) is 16.9. The predicted molar refractivity (Wildman–Crippen MR) is 87.6 cm³/mol. The fourth-order valence-electron chi connectivity index (χ4n) is 2.59. The Bertz CT molecular complexity index is 810. The van der Waals surface area contributed by atoms with Crippen LogP contribution in [0.1, 0.15) is 40.4 Å². The quantitative estimate of drug-likeness (QED) is 0.839. The summed E-state index contributed by atoms with van der Waals surface area (Å²) in [6.45, 7) is 5.08. The van der Waals surface area contributed by atoms with Crippen LogP contribution in [0.15, 0.2) is 28.7 Å². The Morgan fingerprint density at radius 3 is 2.68 bits per heavy atom. The van der Waals surface area contributed by atoms with E-state index >= 15 is 0 Å². The summed E-state index contributed by atoms with van der Waals surface area (Å²) in [4.78, 5) is 24.0. The van der Waals surface area contributed by atoms with E-state index in [1.54, 1.807) is 26.0 Å². The predicted octanol–water partition coefficient (Wildman–Crippen LogP) is 2.66. The Morgan fingerprint density at radius 2 is 1.96 bits per heavy atom. The van der Waals surface area contributed by atoms with E-state index in [0.717, 1.165) is 5.56 Å². The van der Waals surface area contributed by atoms with Crippen molar-refractivity contribution in [2.45, 2.75) is 26.8 Å². The normalized spacial score (nSPS) is 13.4. The number of ether oxygens (including phenoxy) is 3. The summed E-state index contributed by atoms with van der Waals surface area (Å²) in [5, 5.41) is 2.78. The average molecular weight is 345 g/mol. The first-order valence-electron chi connectivity index (χ1n) is 7.87. The number of nitrogens with one attached hydrogen (secondary N) is 1. The van der Waals surface area contributed by atoms with E-state index in [1.165, 1.54) is 0 Å². The number of aryl methyl sites for hydroxylation is 2. The Hall–Kier alpha value is -2.96. The van der Waals surface area contributed by atoms with Gasteiger partial charge in [-0.2, -0.15) is 0 Å². The van der Waals surface area contributed by atoms with Crippen LogP contribution in [0, 0.1) is 13.8 Å². The van der Waals surface area contributed by atoms with Gasteiger partial charge in [-0.1, -0.05) is 6.07 Å². The second-order valence-corrected chi connectivity index (χ2v) is 5.80. The average Bonchev–Trinajstić information content (AvgIpc) is 3.17. The van der Waals surface area contributed by atoms with Gasteiger partial charge in [-0.15, -0.1) is 0 Å². The molecule has 7 heteroatoms. The Balaban J connectivity index is 1.53. The zero-order chi connectivity index (χ0) is 18.0. The summed E-state index contributed by atoms with van der Waals surface area (Å²) in [6, 6.07) is 6.78. The number of carbonyl (C=O) groups is 2. The number of hydrogen-bond acceptors (Lipinski definition) is 6. The van der Waals surface area contributed by atoms with Crippen molar-refractivity contribution in [3.8, 4) is 11.5 Å². The number of hydrogen-bond donors (Lipinski definition) is 1. The lowest BCUT2D eigenvalue weighted by Gasteiger charge is -2.14. The topological polar surface area (TPSA) is 87.0 Å². The molecule has 3 rings (SSSR count). The van der Waals surface area contributed by atoms with Gasteiger partial charge in [0.2, 0.25) is 6.79 Å². The minimum atomic E-state index is -0.583. The van der Waals surface area contributed by atoms with Gasteiger partial charge in [0.25, 0.3) is 5.91 Å². The van der Waals surface area contributed by atoms with Crippen molar-refractivity contribution in [3.05, 3.63) is 46.9 Å². The van der Waals surface area contributed by atoms with Crippen molar-refractivity contribution >= 4 is 11.9 Å². The second kappa shape index (κ2) is 6.88. The van der Waals surface area contributed by atoms with E-state index in [2.05, 4.69) is 5.32 Å². The number of esters is 1. The van der Waals surface area contributed by atoms with Crippen LogP contribution in [0.3, 0.4) is 0 Å². The molecule has 132 valence electrons. The fourth-order valence-corrected chi connectivity index (χ4v) is 2.59. The number of rotatable bonds is 5. The van der Waals surface area contributed by atoms with Gasteiger partial charge < -0.3 is 23.9 Å². The SMILES string of the molecule is Cc1cc(C(=O)OCC(=O)NC(C)c2ccc3c(c2)OCO3)c(C)o1. The zero-order valence-electron chi connectivity index (χ0n) is 14.3. The Kier molecular flexibility index (Phi) is 4.65. The molecule has 0 saturated carbocycles. The van der Waals surface area contributed by atoms with Crippen LogP contribution in [-0.4, -0.2) is 25.3 Å². The number of fused-ring (bicyclic) bond motifs is 1. The molecule has 0 radical (unpaired) electrons. The fraction of sp³-hybridized carbons (Fsp3) is 0.333. The van der Waals surface area contributed by atoms with Gasteiger partial charge in [0.15, 0.2) is 18.1 Å².